The maximum absolute atomic E-state index is 11.0. The first-order valence-electron chi connectivity index (χ1n) is 4.67. The fraction of sp³-hybridized carbons (Fsp3) is 0.200. The second-order valence-corrected chi connectivity index (χ2v) is 3.56. The van der Waals surface area contributed by atoms with Crippen LogP contribution in [0, 0.1) is 24.0 Å². The van der Waals surface area contributed by atoms with E-state index < -0.39 is 39.4 Å². The quantitative estimate of drug-likeness (QED) is 0.546. The number of hydrogen-bond donors (Lipinski definition) is 3. The molecular weight excluding hydrogens is 246 g/mol. The van der Waals surface area contributed by atoms with E-state index in [0.717, 1.165) is 0 Å². The summed E-state index contributed by atoms with van der Waals surface area (Å²) in [7, 11) is 0. The van der Waals surface area contributed by atoms with Crippen LogP contribution in [0.1, 0.15) is 31.8 Å². The maximum Gasteiger partial charge on any atom is 0.343 e. The van der Waals surface area contributed by atoms with Crippen molar-refractivity contribution in [1.29, 1.82) is 0 Å². The molecule has 0 atom stereocenters. The standard InChI is InChI=1S/C10H9NO7/c1-3-5(9(13)14)7(11(17)18)6(10(15)16)4(2)8(3)12/h12H,1-2H3,(H,13,14)(H,15,16). The Hall–Kier alpha value is -2.64. The summed E-state index contributed by atoms with van der Waals surface area (Å²) in [4.78, 5) is 31.7. The minimum absolute atomic E-state index is 0.239. The molecule has 0 bridgehead atoms. The molecule has 0 heterocycles. The summed E-state index contributed by atoms with van der Waals surface area (Å²) >= 11 is 0. The monoisotopic (exact) mass is 255 g/mol. The molecule has 8 heteroatoms. The second-order valence-electron chi connectivity index (χ2n) is 3.56. The minimum Gasteiger partial charge on any atom is -0.507 e. The van der Waals surface area contributed by atoms with Crippen molar-refractivity contribution in [2.24, 2.45) is 0 Å². The number of carbonyl (C=O) groups is 2. The van der Waals surface area contributed by atoms with Gasteiger partial charge in [0, 0.05) is 11.1 Å². The van der Waals surface area contributed by atoms with Crippen LogP contribution < -0.4 is 0 Å². The van der Waals surface area contributed by atoms with Gasteiger partial charge in [-0.05, 0) is 13.8 Å². The highest BCUT2D eigenvalue weighted by molar-refractivity contribution is 6.04. The number of nitrogens with zero attached hydrogens (tertiary/aromatic N) is 1. The van der Waals surface area contributed by atoms with E-state index in [-0.39, 0.29) is 11.1 Å². The molecule has 96 valence electrons. The predicted octanol–water partition coefficient (Wildman–Crippen LogP) is 1.31. The number of rotatable bonds is 3. The molecule has 1 rings (SSSR count). The summed E-state index contributed by atoms with van der Waals surface area (Å²) in [5.74, 6) is -3.91. The lowest BCUT2D eigenvalue weighted by molar-refractivity contribution is -0.385. The number of phenols is 1. The van der Waals surface area contributed by atoms with Crippen molar-refractivity contribution in [2.45, 2.75) is 13.8 Å². The van der Waals surface area contributed by atoms with Crippen LogP contribution in [0.2, 0.25) is 0 Å². The zero-order valence-electron chi connectivity index (χ0n) is 9.42. The van der Waals surface area contributed by atoms with E-state index in [1.807, 2.05) is 0 Å². The van der Waals surface area contributed by atoms with E-state index in [1.165, 1.54) is 13.8 Å². The molecule has 0 aliphatic rings. The van der Waals surface area contributed by atoms with Crippen LogP contribution in [-0.2, 0) is 0 Å². The van der Waals surface area contributed by atoms with Gasteiger partial charge in [0.05, 0.1) is 4.92 Å². The van der Waals surface area contributed by atoms with Crippen molar-refractivity contribution < 1.29 is 29.8 Å². The van der Waals surface area contributed by atoms with E-state index in [9.17, 15) is 24.8 Å². The summed E-state index contributed by atoms with van der Waals surface area (Å²) in [5, 5.41) is 38.3. The third-order valence-corrected chi connectivity index (χ3v) is 2.54. The van der Waals surface area contributed by atoms with Crippen LogP contribution >= 0.6 is 0 Å². The highest BCUT2D eigenvalue weighted by atomic mass is 16.6. The Balaban J connectivity index is 3.99. The van der Waals surface area contributed by atoms with Gasteiger partial charge in [0.2, 0.25) is 0 Å². The van der Waals surface area contributed by atoms with Crippen LogP contribution in [0.3, 0.4) is 0 Å². The van der Waals surface area contributed by atoms with Gasteiger partial charge in [-0.25, -0.2) is 9.59 Å². The molecule has 0 saturated carbocycles. The smallest absolute Gasteiger partial charge is 0.343 e. The minimum atomic E-state index is -1.67. The van der Waals surface area contributed by atoms with E-state index >= 15 is 0 Å². The number of aromatic hydroxyl groups is 1. The summed E-state index contributed by atoms with van der Waals surface area (Å²) in [6.45, 7) is 2.34. The molecule has 0 saturated heterocycles. The number of phenolic OH excluding ortho intramolecular Hbond substituents is 1. The van der Waals surface area contributed by atoms with E-state index in [1.54, 1.807) is 0 Å². The Morgan fingerprint density at radius 3 is 1.61 bits per heavy atom. The Bertz CT molecular complexity index is 535. The first-order valence-corrected chi connectivity index (χ1v) is 4.67. The van der Waals surface area contributed by atoms with E-state index in [4.69, 9.17) is 10.2 Å². The average Bonchev–Trinajstić information content (AvgIpc) is 2.23. The van der Waals surface area contributed by atoms with Crippen LogP contribution in [-0.4, -0.2) is 32.2 Å². The zero-order chi connectivity index (χ0) is 14.2. The van der Waals surface area contributed by atoms with Gasteiger partial charge in [0.25, 0.3) is 5.69 Å². The lowest BCUT2D eigenvalue weighted by Crippen LogP contribution is -2.13. The Morgan fingerprint density at radius 2 is 1.39 bits per heavy atom. The summed E-state index contributed by atoms with van der Waals surface area (Å²) in [6.07, 6.45) is 0. The highest BCUT2D eigenvalue weighted by Gasteiger charge is 2.34. The first-order chi connectivity index (χ1) is 8.20. The summed E-state index contributed by atoms with van der Waals surface area (Å²) in [5.41, 5.74) is -3.14. The number of benzene rings is 1. The van der Waals surface area contributed by atoms with Gasteiger partial charge < -0.3 is 15.3 Å². The lowest BCUT2D eigenvalue weighted by atomic mass is 9.95. The van der Waals surface area contributed by atoms with Gasteiger partial charge in [0.15, 0.2) is 0 Å². The first kappa shape index (κ1) is 13.4. The Labute approximate surface area is 100 Å². The number of nitro groups is 1. The third-order valence-electron chi connectivity index (χ3n) is 2.54. The number of aromatic carboxylic acids is 2. The fourth-order valence-corrected chi connectivity index (χ4v) is 1.70. The van der Waals surface area contributed by atoms with Gasteiger partial charge in [-0.2, -0.15) is 0 Å². The van der Waals surface area contributed by atoms with Crippen LogP contribution in [0.5, 0.6) is 5.75 Å². The molecule has 0 aliphatic carbocycles. The van der Waals surface area contributed by atoms with Crippen molar-refractivity contribution in [1.82, 2.24) is 0 Å². The third kappa shape index (κ3) is 1.83. The highest BCUT2D eigenvalue weighted by Crippen LogP contribution is 2.37. The summed E-state index contributed by atoms with van der Waals surface area (Å²) < 4.78 is 0. The van der Waals surface area contributed by atoms with Crippen molar-refractivity contribution in [3.8, 4) is 5.75 Å². The molecule has 0 unspecified atom stereocenters. The van der Waals surface area contributed by atoms with E-state index in [0.29, 0.717) is 0 Å². The van der Waals surface area contributed by atoms with Crippen molar-refractivity contribution in [3.63, 3.8) is 0 Å². The van der Waals surface area contributed by atoms with Crippen molar-refractivity contribution >= 4 is 17.6 Å². The number of carboxylic acids is 2. The average molecular weight is 255 g/mol. The van der Waals surface area contributed by atoms with E-state index in [2.05, 4.69) is 0 Å². The SMILES string of the molecule is Cc1c(O)c(C)c(C(=O)O)c([N+](=O)[O-])c1C(=O)O. The van der Waals surface area contributed by atoms with Crippen molar-refractivity contribution in [2.75, 3.05) is 0 Å². The lowest BCUT2D eigenvalue weighted by Gasteiger charge is -2.11. The van der Waals surface area contributed by atoms with Crippen LogP contribution in [0.15, 0.2) is 0 Å². The molecule has 1 aromatic carbocycles. The molecule has 0 fully saturated rings. The number of hydrogen-bond acceptors (Lipinski definition) is 5. The molecule has 0 aromatic heterocycles. The maximum atomic E-state index is 11.0. The zero-order valence-corrected chi connectivity index (χ0v) is 9.42. The van der Waals surface area contributed by atoms with Gasteiger partial charge in [-0.15, -0.1) is 0 Å². The van der Waals surface area contributed by atoms with Gasteiger partial charge in [-0.3, -0.25) is 10.1 Å². The molecule has 18 heavy (non-hydrogen) atoms. The Kier molecular flexibility index (Phi) is 3.22. The molecule has 1 aromatic rings. The topological polar surface area (TPSA) is 138 Å². The number of nitro benzene ring substituents is 1. The second kappa shape index (κ2) is 4.32. The normalized spacial score (nSPS) is 10.1. The largest absolute Gasteiger partial charge is 0.507 e. The van der Waals surface area contributed by atoms with Gasteiger partial charge in [-0.1, -0.05) is 0 Å². The molecule has 0 aliphatic heterocycles. The van der Waals surface area contributed by atoms with Crippen LogP contribution in [0.25, 0.3) is 0 Å². The van der Waals surface area contributed by atoms with Gasteiger partial charge >= 0.3 is 11.9 Å². The predicted molar refractivity (Wildman–Crippen MR) is 58.2 cm³/mol. The molecular formula is C10H9NO7. The fourth-order valence-electron chi connectivity index (χ4n) is 1.70. The number of carboxylic acid groups (broad SMARTS) is 2. The molecule has 0 spiro atoms. The van der Waals surface area contributed by atoms with Crippen molar-refractivity contribution in [3.05, 3.63) is 32.4 Å². The molecule has 3 N–H and O–H groups in total. The molecule has 8 nitrogen and oxygen atoms in total. The molecule has 0 amide bonds. The van der Waals surface area contributed by atoms with Crippen LogP contribution in [0.4, 0.5) is 5.69 Å². The molecule has 0 radical (unpaired) electrons. The Morgan fingerprint density at radius 1 is 1.06 bits per heavy atom. The summed E-state index contributed by atoms with van der Waals surface area (Å²) in [6, 6.07) is 0. The van der Waals surface area contributed by atoms with Gasteiger partial charge in [0.1, 0.15) is 16.9 Å².